The van der Waals surface area contributed by atoms with Gasteiger partial charge in [0.15, 0.2) is 0 Å². The molecule has 4 rings (SSSR count). The predicted octanol–water partition coefficient (Wildman–Crippen LogP) is 3.78. The van der Waals surface area contributed by atoms with Crippen molar-refractivity contribution in [3.8, 4) is 6.07 Å². The summed E-state index contributed by atoms with van der Waals surface area (Å²) in [5.41, 5.74) is 4.24. The number of carbonyl (C=O) groups is 1. The maximum absolute atomic E-state index is 13.1. The molecule has 1 amide bonds. The number of aromatic nitrogens is 2. The molecule has 4 aromatic rings. The maximum Gasteiger partial charge on any atom is 0.261 e. The number of carbonyl (C=O) groups excluding carboxylic acids is 1. The molecule has 166 valence electrons. The van der Waals surface area contributed by atoms with Gasteiger partial charge >= 0.3 is 0 Å². The van der Waals surface area contributed by atoms with Crippen molar-refractivity contribution in [3.05, 3.63) is 88.9 Å². The highest BCUT2D eigenvalue weighted by Gasteiger charge is 2.19. The molecule has 33 heavy (non-hydrogen) atoms. The van der Waals surface area contributed by atoms with Crippen LogP contribution in [0.1, 0.15) is 32.6 Å². The lowest BCUT2D eigenvalue weighted by Gasteiger charge is -2.12. The molecule has 9 heteroatoms. The number of nitrogens with zero attached hydrogens (tertiary/aromatic N) is 2. The average Bonchev–Trinajstić information content (AvgIpc) is 3.26. The van der Waals surface area contributed by atoms with Crippen molar-refractivity contribution in [2.24, 2.45) is 0 Å². The van der Waals surface area contributed by atoms with Crippen LogP contribution in [0.2, 0.25) is 0 Å². The van der Waals surface area contributed by atoms with Crippen molar-refractivity contribution >= 4 is 32.5 Å². The van der Waals surface area contributed by atoms with E-state index in [1.54, 1.807) is 36.8 Å². The van der Waals surface area contributed by atoms with Crippen LogP contribution >= 0.6 is 0 Å². The van der Waals surface area contributed by atoms with Gasteiger partial charge in [0.25, 0.3) is 15.9 Å². The number of aromatic amines is 1. The minimum absolute atomic E-state index is 0.0453. The van der Waals surface area contributed by atoms with Crippen LogP contribution in [0.25, 0.3) is 10.9 Å². The van der Waals surface area contributed by atoms with Crippen LogP contribution in [-0.4, -0.2) is 24.3 Å². The minimum atomic E-state index is -3.99. The molecule has 8 nitrogen and oxygen atoms in total. The molecule has 2 aromatic carbocycles. The summed E-state index contributed by atoms with van der Waals surface area (Å²) in [5.74, 6) is -0.385. The SMILES string of the molecule is Cc1cnccc1CNC(=O)c1cccc(S(=O)(=O)Nc2ccc(C)c3c(C#N)c[nH]c23)c1. The zero-order valence-corrected chi connectivity index (χ0v) is 18.8. The van der Waals surface area contributed by atoms with Gasteiger partial charge < -0.3 is 10.3 Å². The van der Waals surface area contributed by atoms with Crippen LogP contribution in [0, 0.1) is 25.2 Å². The minimum Gasteiger partial charge on any atom is -0.358 e. The van der Waals surface area contributed by atoms with E-state index >= 15 is 0 Å². The van der Waals surface area contributed by atoms with Crippen LogP contribution in [0.4, 0.5) is 5.69 Å². The van der Waals surface area contributed by atoms with Crippen molar-refractivity contribution in [1.82, 2.24) is 15.3 Å². The van der Waals surface area contributed by atoms with Gasteiger partial charge in [-0.2, -0.15) is 5.26 Å². The summed E-state index contributed by atoms with van der Waals surface area (Å²) in [4.78, 5) is 19.6. The Morgan fingerprint density at radius 1 is 1.15 bits per heavy atom. The Labute approximate surface area is 191 Å². The van der Waals surface area contributed by atoms with Gasteiger partial charge in [-0.25, -0.2) is 8.42 Å². The number of amides is 1. The summed E-state index contributed by atoms with van der Waals surface area (Å²) in [6.45, 7) is 4.06. The quantitative estimate of drug-likeness (QED) is 0.404. The molecule has 3 N–H and O–H groups in total. The lowest BCUT2D eigenvalue weighted by atomic mass is 10.1. The Bertz CT molecular complexity index is 1520. The molecular weight excluding hydrogens is 438 g/mol. The molecule has 0 bridgehead atoms. The molecular formula is C24H21N5O3S. The van der Waals surface area contributed by atoms with E-state index in [1.165, 1.54) is 18.2 Å². The number of benzene rings is 2. The first-order chi connectivity index (χ1) is 15.8. The number of nitrogens with one attached hydrogen (secondary N) is 3. The van der Waals surface area contributed by atoms with Crippen LogP contribution in [0.15, 0.2) is 66.0 Å². The predicted molar refractivity (Wildman–Crippen MR) is 125 cm³/mol. The fraction of sp³-hybridized carbons (Fsp3) is 0.125. The lowest BCUT2D eigenvalue weighted by molar-refractivity contribution is 0.0950. The van der Waals surface area contributed by atoms with Crippen molar-refractivity contribution in [3.63, 3.8) is 0 Å². The standard InChI is InChI=1S/C24H21N5O3S/c1-15-6-7-21(23-22(15)19(11-25)14-27-23)29-33(31,32)20-5-3-4-17(10-20)24(30)28-13-18-8-9-26-12-16(18)2/h3-10,12,14,27,29H,13H2,1-2H3,(H,28,30). The molecule has 0 spiro atoms. The summed E-state index contributed by atoms with van der Waals surface area (Å²) in [6.07, 6.45) is 4.91. The summed E-state index contributed by atoms with van der Waals surface area (Å²) < 4.78 is 28.7. The number of sulfonamides is 1. The lowest BCUT2D eigenvalue weighted by Crippen LogP contribution is -2.23. The van der Waals surface area contributed by atoms with Crippen molar-refractivity contribution in [1.29, 1.82) is 5.26 Å². The second kappa shape index (κ2) is 8.76. The molecule has 0 aliphatic rings. The number of H-pyrrole nitrogens is 1. The number of aryl methyl sites for hydroxylation is 2. The molecule has 2 heterocycles. The number of fused-ring (bicyclic) bond motifs is 1. The Morgan fingerprint density at radius 2 is 1.97 bits per heavy atom. The highest BCUT2D eigenvalue weighted by molar-refractivity contribution is 7.92. The third-order valence-corrected chi connectivity index (χ3v) is 6.75. The van der Waals surface area contributed by atoms with Gasteiger partial charge in [-0.3, -0.25) is 14.5 Å². The van der Waals surface area contributed by atoms with E-state index in [9.17, 15) is 18.5 Å². The van der Waals surface area contributed by atoms with E-state index in [4.69, 9.17) is 0 Å². The number of nitriles is 1. The smallest absolute Gasteiger partial charge is 0.261 e. The van der Waals surface area contributed by atoms with Gasteiger partial charge in [-0.15, -0.1) is 0 Å². The highest BCUT2D eigenvalue weighted by atomic mass is 32.2. The molecule has 0 unspecified atom stereocenters. The first-order valence-corrected chi connectivity index (χ1v) is 11.6. The molecule has 0 saturated carbocycles. The van der Waals surface area contributed by atoms with Gasteiger partial charge in [0.2, 0.25) is 0 Å². The molecule has 0 atom stereocenters. The number of hydrogen-bond acceptors (Lipinski definition) is 5. The number of rotatable bonds is 6. The largest absolute Gasteiger partial charge is 0.358 e. The van der Waals surface area contributed by atoms with Crippen LogP contribution in [0.5, 0.6) is 0 Å². The van der Waals surface area contributed by atoms with Gasteiger partial charge in [-0.05, 0) is 60.9 Å². The Hall–Kier alpha value is -4.16. The van der Waals surface area contributed by atoms with E-state index in [1.807, 2.05) is 19.9 Å². The van der Waals surface area contributed by atoms with Crippen molar-refractivity contribution < 1.29 is 13.2 Å². The molecule has 0 aliphatic carbocycles. The molecule has 0 fully saturated rings. The zero-order chi connectivity index (χ0) is 23.6. The van der Waals surface area contributed by atoms with E-state index < -0.39 is 10.0 Å². The molecule has 0 radical (unpaired) electrons. The maximum atomic E-state index is 13.1. The monoisotopic (exact) mass is 459 g/mol. The first kappa shape index (κ1) is 22.0. The second-order valence-corrected chi connectivity index (χ2v) is 9.29. The van der Waals surface area contributed by atoms with Gasteiger partial charge in [0.05, 0.1) is 21.7 Å². The second-order valence-electron chi connectivity index (χ2n) is 7.61. The van der Waals surface area contributed by atoms with E-state index in [2.05, 4.69) is 26.1 Å². The fourth-order valence-corrected chi connectivity index (χ4v) is 4.70. The van der Waals surface area contributed by atoms with Gasteiger partial charge in [0.1, 0.15) is 6.07 Å². The average molecular weight is 460 g/mol. The number of hydrogen-bond donors (Lipinski definition) is 3. The Morgan fingerprint density at radius 3 is 2.73 bits per heavy atom. The highest BCUT2D eigenvalue weighted by Crippen LogP contribution is 2.30. The summed E-state index contributed by atoms with van der Waals surface area (Å²) in [6, 6.07) is 13.1. The number of pyridine rings is 1. The molecule has 0 aliphatic heterocycles. The van der Waals surface area contributed by atoms with Crippen LogP contribution in [0.3, 0.4) is 0 Å². The normalized spacial score (nSPS) is 11.2. The molecule has 0 saturated heterocycles. The molecule has 2 aromatic heterocycles. The third-order valence-electron chi connectivity index (χ3n) is 5.39. The zero-order valence-electron chi connectivity index (χ0n) is 18.0. The third kappa shape index (κ3) is 4.42. The fourth-order valence-electron chi connectivity index (χ4n) is 3.58. The summed E-state index contributed by atoms with van der Waals surface area (Å²) in [5, 5.41) is 12.8. The van der Waals surface area contributed by atoms with Crippen molar-refractivity contribution in [2.75, 3.05) is 4.72 Å². The summed E-state index contributed by atoms with van der Waals surface area (Å²) >= 11 is 0. The topological polar surface area (TPSA) is 128 Å². The van der Waals surface area contributed by atoms with Crippen LogP contribution in [-0.2, 0) is 16.6 Å². The van der Waals surface area contributed by atoms with E-state index in [0.29, 0.717) is 28.7 Å². The van der Waals surface area contributed by atoms with Gasteiger partial charge in [-0.1, -0.05) is 12.1 Å². The first-order valence-electron chi connectivity index (χ1n) is 10.1. The van der Waals surface area contributed by atoms with Crippen LogP contribution < -0.4 is 10.0 Å². The Kier molecular flexibility index (Phi) is 5.85. The van der Waals surface area contributed by atoms with E-state index in [0.717, 1.165) is 16.7 Å². The number of anilines is 1. The summed E-state index contributed by atoms with van der Waals surface area (Å²) in [7, 11) is -3.99. The van der Waals surface area contributed by atoms with Gasteiger partial charge in [0, 0.05) is 36.1 Å². The van der Waals surface area contributed by atoms with Crippen molar-refractivity contribution in [2.45, 2.75) is 25.3 Å². The Balaban J connectivity index is 1.58. The van der Waals surface area contributed by atoms with E-state index in [-0.39, 0.29) is 16.4 Å².